The predicted octanol–water partition coefficient (Wildman–Crippen LogP) is 1.56. The number of aromatic nitrogens is 5. The third-order valence-corrected chi connectivity index (χ3v) is 5.15. The second kappa shape index (κ2) is 11.7. The quantitative estimate of drug-likeness (QED) is 0.523. The fraction of sp³-hybridized carbons (Fsp3) is 0.429. The number of amides is 1. The first-order chi connectivity index (χ1) is 15.6. The van der Waals surface area contributed by atoms with Gasteiger partial charge in [-0.1, -0.05) is 24.2 Å². The van der Waals surface area contributed by atoms with Gasteiger partial charge in [0, 0.05) is 19.5 Å². The molecule has 1 aliphatic heterocycles. The van der Waals surface area contributed by atoms with Gasteiger partial charge in [0.05, 0.1) is 17.8 Å². The van der Waals surface area contributed by atoms with E-state index in [0.717, 1.165) is 43.9 Å². The number of rotatable bonds is 7. The van der Waals surface area contributed by atoms with Crippen LogP contribution in [0.25, 0.3) is 5.69 Å². The summed E-state index contributed by atoms with van der Waals surface area (Å²) in [6.45, 7) is 4.95. The van der Waals surface area contributed by atoms with Crippen LogP contribution in [0.3, 0.4) is 0 Å². The van der Waals surface area contributed by atoms with Gasteiger partial charge in [0.25, 0.3) is 12.4 Å². The molecule has 3 heterocycles. The Labute approximate surface area is 185 Å². The van der Waals surface area contributed by atoms with Gasteiger partial charge in [-0.25, -0.2) is 9.67 Å². The topological polar surface area (TPSA) is 139 Å². The zero-order chi connectivity index (χ0) is 22.8. The molecule has 1 amide bonds. The summed E-state index contributed by atoms with van der Waals surface area (Å²) < 4.78 is 6.92. The second-order valence-corrected chi connectivity index (χ2v) is 7.37. The Bertz CT molecular complexity index is 990. The molecule has 4 rings (SSSR count). The van der Waals surface area contributed by atoms with Crippen molar-refractivity contribution in [3.8, 4) is 5.69 Å². The maximum atomic E-state index is 12.8. The van der Waals surface area contributed by atoms with Crippen LogP contribution in [0.4, 0.5) is 0 Å². The van der Waals surface area contributed by atoms with Gasteiger partial charge in [-0.05, 0) is 37.4 Å². The number of carbonyl (C=O) groups is 2. The molecule has 1 saturated heterocycles. The van der Waals surface area contributed by atoms with Crippen molar-refractivity contribution < 1.29 is 19.2 Å². The molecule has 11 heteroatoms. The number of para-hydroxylation sites is 1. The van der Waals surface area contributed by atoms with Gasteiger partial charge >= 0.3 is 0 Å². The highest BCUT2D eigenvalue weighted by molar-refractivity contribution is 5.97. The molecule has 0 radical (unpaired) electrons. The van der Waals surface area contributed by atoms with E-state index in [9.17, 15) is 4.79 Å². The number of nitrogens with zero attached hydrogens (tertiary/aromatic N) is 6. The largest absolute Gasteiger partial charge is 0.483 e. The zero-order valence-corrected chi connectivity index (χ0v) is 17.9. The number of benzene rings is 1. The summed E-state index contributed by atoms with van der Waals surface area (Å²) in [5.41, 5.74) is 1.31. The molecule has 1 atom stereocenters. The van der Waals surface area contributed by atoms with E-state index in [0.29, 0.717) is 30.5 Å². The minimum Gasteiger partial charge on any atom is -0.483 e. The number of carboxylic acid groups (broad SMARTS) is 1. The summed E-state index contributed by atoms with van der Waals surface area (Å²) in [5, 5.41) is 18.1. The van der Waals surface area contributed by atoms with Gasteiger partial charge < -0.3 is 14.9 Å². The third kappa shape index (κ3) is 6.20. The molecule has 32 heavy (non-hydrogen) atoms. The lowest BCUT2D eigenvalue weighted by atomic mass is 9.98. The molecule has 3 aromatic rings. The first kappa shape index (κ1) is 23.1. The van der Waals surface area contributed by atoms with Gasteiger partial charge in [0.2, 0.25) is 5.89 Å². The Morgan fingerprint density at radius 1 is 1.38 bits per heavy atom. The maximum absolute atomic E-state index is 12.8. The van der Waals surface area contributed by atoms with Gasteiger partial charge in [0.15, 0.2) is 5.82 Å². The minimum absolute atomic E-state index is 0.0993. The Balaban J connectivity index is 0.000000913. The molecule has 0 bridgehead atoms. The van der Waals surface area contributed by atoms with E-state index in [-0.39, 0.29) is 12.4 Å². The number of nitrogens with one attached hydrogen (secondary N) is 1. The van der Waals surface area contributed by atoms with Crippen molar-refractivity contribution in [1.29, 1.82) is 0 Å². The van der Waals surface area contributed by atoms with Crippen LogP contribution in [0.1, 0.15) is 41.8 Å². The molecule has 1 aliphatic rings. The lowest BCUT2D eigenvalue weighted by molar-refractivity contribution is -0.122. The number of carbonyl (C=O) groups excluding carboxylic acids is 1. The van der Waals surface area contributed by atoms with Crippen LogP contribution in [0.2, 0.25) is 0 Å². The van der Waals surface area contributed by atoms with Gasteiger partial charge in [0.1, 0.15) is 12.7 Å². The van der Waals surface area contributed by atoms with Gasteiger partial charge in [-0.3, -0.25) is 14.5 Å². The van der Waals surface area contributed by atoms with Crippen LogP contribution in [0.5, 0.6) is 0 Å². The monoisotopic (exact) mass is 441 g/mol. The standard InChI is InChI=1S/C20H25N7O2.CH2O2/c1-2-18-24-19(29-25-18)12-26-9-5-6-15(11-26)10-22-20(28)16-7-3-4-8-17(16)27-14-21-13-23-27;2-1-3/h3-4,7-8,13-15H,2,5-6,9-12H2,1H3,(H,22,28);1H,(H,2,3). The summed E-state index contributed by atoms with van der Waals surface area (Å²) in [7, 11) is 0. The summed E-state index contributed by atoms with van der Waals surface area (Å²) in [6, 6.07) is 7.40. The fourth-order valence-corrected chi connectivity index (χ4v) is 3.68. The highest BCUT2D eigenvalue weighted by Crippen LogP contribution is 2.18. The second-order valence-electron chi connectivity index (χ2n) is 7.37. The molecule has 0 aliphatic carbocycles. The fourth-order valence-electron chi connectivity index (χ4n) is 3.68. The highest BCUT2D eigenvalue weighted by atomic mass is 16.5. The molecule has 170 valence electrons. The molecule has 1 fully saturated rings. The smallest absolute Gasteiger partial charge is 0.290 e. The van der Waals surface area contributed by atoms with Crippen molar-refractivity contribution in [2.75, 3.05) is 19.6 Å². The highest BCUT2D eigenvalue weighted by Gasteiger charge is 2.23. The van der Waals surface area contributed by atoms with Crippen molar-refractivity contribution in [2.24, 2.45) is 5.92 Å². The van der Waals surface area contributed by atoms with Crippen molar-refractivity contribution >= 4 is 12.4 Å². The van der Waals surface area contributed by atoms with Crippen molar-refractivity contribution in [1.82, 2.24) is 35.1 Å². The number of hydrogen-bond acceptors (Lipinski definition) is 8. The summed E-state index contributed by atoms with van der Waals surface area (Å²) in [4.78, 5) is 31.8. The summed E-state index contributed by atoms with van der Waals surface area (Å²) in [6.07, 6.45) is 6.00. The Hall–Kier alpha value is -3.60. The first-order valence-corrected chi connectivity index (χ1v) is 10.5. The summed E-state index contributed by atoms with van der Waals surface area (Å²) in [5.74, 6) is 1.69. The average molecular weight is 441 g/mol. The number of hydrogen-bond donors (Lipinski definition) is 2. The minimum atomic E-state index is -0.250. The Kier molecular flexibility index (Phi) is 8.44. The lowest BCUT2D eigenvalue weighted by Crippen LogP contribution is -2.40. The average Bonchev–Trinajstić information content (AvgIpc) is 3.51. The number of piperidine rings is 1. The van der Waals surface area contributed by atoms with Crippen LogP contribution < -0.4 is 5.32 Å². The van der Waals surface area contributed by atoms with Crippen molar-refractivity contribution in [2.45, 2.75) is 32.7 Å². The van der Waals surface area contributed by atoms with Gasteiger partial charge in [-0.2, -0.15) is 10.1 Å². The Morgan fingerprint density at radius 3 is 2.91 bits per heavy atom. The van der Waals surface area contributed by atoms with Crippen LogP contribution in [-0.4, -0.2) is 66.9 Å². The molecule has 0 saturated carbocycles. The lowest BCUT2D eigenvalue weighted by Gasteiger charge is -2.31. The van der Waals surface area contributed by atoms with E-state index in [1.54, 1.807) is 17.1 Å². The van der Waals surface area contributed by atoms with Crippen molar-refractivity contribution in [3.63, 3.8) is 0 Å². The number of aryl methyl sites for hydroxylation is 1. The molecule has 2 aromatic heterocycles. The normalized spacial score (nSPS) is 16.1. The van der Waals surface area contributed by atoms with Crippen molar-refractivity contribution in [3.05, 3.63) is 54.2 Å². The van der Waals surface area contributed by atoms with Crippen LogP contribution in [0, 0.1) is 5.92 Å². The molecular formula is C21H27N7O4. The summed E-state index contributed by atoms with van der Waals surface area (Å²) >= 11 is 0. The first-order valence-electron chi connectivity index (χ1n) is 10.5. The third-order valence-electron chi connectivity index (χ3n) is 5.15. The van der Waals surface area contributed by atoms with E-state index in [4.69, 9.17) is 14.4 Å². The van der Waals surface area contributed by atoms with Crippen LogP contribution >= 0.6 is 0 Å². The maximum Gasteiger partial charge on any atom is 0.290 e. The molecule has 1 aromatic carbocycles. The Morgan fingerprint density at radius 2 is 2.19 bits per heavy atom. The SMILES string of the molecule is CCc1noc(CN2CCCC(CNC(=O)c3ccccc3-n3cncn3)C2)n1.O=CO. The van der Waals surface area contributed by atoms with E-state index in [1.807, 2.05) is 25.1 Å². The molecule has 11 nitrogen and oxygen atoms in total. The van der Waals surface area contributed by atoms with Gasteiger partial charge in [-0.15, -0.1) is 0 Å². The molecular weight excluding hydrogens is 414 g/mol. The van der Waals surface area contributed by atoms with E-state index in [1.165, 1.54) is 6.33 Å². The van der Waals surface area contributed by atoms with Crippen LogP contribution in [-0.2, 0) is 17.8 Å². The molecule has 1 unspecified atom stereocenters. The van der Waals surface area contributed by atoms with E-state index < -0.39 is 0 Å². The number of likely N-dealkylation sites (tertiary alicyclic amines) is 1. The molecule has 0 spiro atoms. The van der Waals surface area contributed by atoms with E-state index >= 15 is 0 Å². The molecule has 2 N–H and O–H groups in total. The van der Waals surface area contributed by atoms with E-state index in [2.05, 4.69) is 30.4 Å². The van der Waals surface area contributed by atoms with Crippen LogP contribution in [0.15, 0.2) is 41.4 Å². The zero-order valence-electron chi connectivity index (χ0n) is 17.9. The predicted molar refractivity (Wildman–Crippen MR) is 114 cm³/mol.